The average molecular weight is 134 g/mol. The molecule has 0 radical (unpaired) electrons. The predicted molar refractivity (Wildman–Crippen MR) is 42.3 cm³/mol. The molecule has 0 fully saturated rings. The van der Waals surface area contributed by atoms with Gasteiger partial charge in [-0.25, -0.2) is 4.57 Å². The monoisotopic (exact) mass is 134 g/mol. The summed E-state index contributed by atoms with van der Waals surface area (Å²) in [5.74, 6) is 0. The number of pyridine rings is 1. The minimum atomic E-state index is 1.23. The van der Waals surface area contributed by atoms with E-state index in [1.807, 2.05) is 38.4 Å². The number of aromatic nitrogens is 1. The fourth-order valence-electron chi connectivity index (χ4n) is 0.880. The van der Waals surface area contributed by atoms with Crippen molar-refractivity contribution in [2.24, 2.45) is 7.05 Å². The molecule has 1 aromatic heterocycles. The third-order valence-electron chi connectivity index (χ3n) is 1.43. The zero-order valence-corrected chi connectivity index (χ0v) is 6.41. The van der Waals surface area contributed by atoms with Gasteiger partial charge in [-0.15, -0.1) is 0 Å². The lowest BCUT2D eigenvalue weighted by Crippen LogP contribution is -2.30. The van der Waals surface area contributed by atoms with Gasteiger partial charge in [-0.1, -0.05) is 6.08 Å². The summed E-state index contributed by atoms with van der Waals surface area (Å²) in [5, 5.41) is 0. The normalized spacial score (nSPS) is 10.6. The van der Waals surface area contributed by atoms with Gasteiger partial charge in [0.25, 0.3) is 0 Å². The van der Waals surface area contributed by atoms with Crippen molar-refractivity contribution in [2.45, 2.75) is 6.92 Å². The first-order chi connectivity index (χ1) is 4.84. The van der Waals surface area contributed by atoms with E-state index in [-0.39, 0.29) is 0 Å². The first-order valence-electron chi connectivity index (χ1n) is 3.42. The second kappa shape index (κ2) is 3.16. The maximum Gasteiger partial charge on any atom is 0.204 e. The first kappa shape index (κ1) is 7.00. The van der Waals surface area contributed by atoms with Crippen LogP contribution in [0.3, 0.4) is 0 Å². The minimum Gasteiger partial charge on any atom is -0.202 e. The maximum atomic E-state index is 2.08. The number of hydrogen-bond donors (Lipinski definition) is 0. The highest BCUT2D eigenvalue weighted by atomic mass is 14.9. The van der Waals surface area contributed by atoms with Gasteiger partial charge in [-0.05, 0) is 13.0 Å². The lowest BCUT2D eigenvalue weighted by atomic mass is 10.3. The Morgan fingerprint density at radius 3 is 2.80 bits per heavy atom. The molecular weight excluding hydrogens is 122 g/mol. The Morgan fingerprint density at radius 2 is 2.20 bits per heavy atom. The van der Waals surface area contributed by atoms with E-state index in [0.29, 0.717) is 0 Å². The third-order valence-corrected chi connectivity index (χ3v) is 1.43. The lowest BCUT2D eigenvalue weighted by molar-refractivity contribution is -0.673. The van der Waals surface area contributed by atoms with Gasteiger partial charge in [0, 0.05) is 18.2 Å². The van der Waals surface area contributed by atoms with E-state index >= 15 is 0 Å². The number of rotatable bonds is 1. The minimum absolute atomic E-state index is 1.23. The molecule has 0 amide bonds. The summed E-state index contributed by atoms with van der Waals surface area (Å²) in [7, 11) is 2.04. The third kappa shape index (κ3) is 1.44. The standard InChI is InChI=1S/C9H12N/c1-3-6-9-7-4-5-8-10(9)2/h3-8H,1-2H3/q+1/b6-3-. The second-order valence-electron chi connectivity index (χ2n) is 2.24. The van der Waals surface area contributed by atoms with Gasteiger partial charge in [0.2, 0.25) is 5.69 Å². The van der Waals surface area contributed by atoms with Crippen LogP contribution in [-0.2, 0) is 7.05 Å². The highest BCUT2D eigenvalue weighted by Gasteiger charge is 1.95. The average Bonchev–Trinajstić information content (AvgIpc) is 1.94. The molecule has 10 heavy (non-hydrogen) atoms. The number of aryl methyl sites for hydroxylation is 1. The van der Waals surface area contributed by atoms with Crippen LogP contribution in [0.2, 0.25) is 0 Å². The number of allylic oxidation sites excluding steroid dienone is 1. The molecule has 0 aliphatic heterocycles. The second-order valence-corrected chi connectivity index (χ2v) is 2.24. The molecule has 0 aromatic carbocycles. The molecule has 1 heterocycles. The Hall–Kier alpha value is -1.11. The zero-order chi connectivity index (χ0) is 7.40. The van der Waals surface area contributed by atoms with Gasteiger partial charge in [0.05, 0.1) is 0 Å². The van der Waals surface area contributed by atoms with Gasteiger partial charge in [0.1, 0.15) is 7.05 Å². The fraction of sp³-hybridized carbons (Fsp3) is 0.222. The Balaban J connectivity index is 3.03. The highest BCUT2D eigenvalue weighted by Crippen LogP contribution is 1.92. The Morgan fingerprint density at radius 1 is 1.40 bits per heavy atom. The molecule has 0 saturated heterocycles. The van der Waals surface area contributed by atoms with E-state index in [9.17, 15) is 0 Å². The Labute approximate surface area is 61.6 Å². The summed E-state index contributed by atoms with van der Waals surface area (Å²) >= 11 is 0. The van der Waals surface area contributed by atoms with E-state index in [1.165, 1.54) is 5.69 Å². The van der Waals surface area contributed by atoms with Crippen molar-refractivity contribution in [3.63, 3.8) is 0 Å². The van der Waals surface area contributed by atoms with Gasteiger partial charge in [0.15, 0.2) is 6.20 Å². The molecule has 0 aliphatic carbocycles. The van der Waals surface area contributed by atoms with Crippen LogP contribution in [0.25, 0.3) is 6.08 Å². The fourth-order valence-corrected chi connectivity index (χ4v) is 0.880. The smallest absolute Gasteiger partial charge is 0.202 e. The molecule has 1 nitrogen and oxygen atoms in total. The molecule has 1 rings (SSSR count). The number of hydrogen-bond acceptors (Lipinski definition) is 0. The van der Waals surface area contributed by atoms with Crippen LogP contribution in [-0.4, -0.2) is 0 Å². The predicted octanol–water partition coefficient (Wildman–Crippen LogP) is 1.54. The summed E-state index contributed by atoms with van der Waals surface area (Å²) in [6.07, 6.45) is 6.16. The molecule has 52 valence electrons. The van der Waals surface area contributed by atoms with Crippen LogP contribution >= 0.6 is 0 Å². The van der Waals surface area contributed by atoms with E-state index < -0.39 is 0 Å². The summed E-state index contributed by atoms with van der Waals surface area (Å²) in [4.78, 5) is 0. The van der Waals surface area contributed by atoms with Crippen molar-refractivity contribution in [1.82, 2.24) is 0 Å². The van der Waals surface area contributed by atoms with Gasteiger partial charge in [-0.2, -0.15) is 0 Å². The van der Waals surface area contributed by atoms with Gasteiger partial charge in [-0.3, -0.25) is 0 Å². The maximum absolute atomic E-state index is 2.08. The zero-order valence-electron chi connectivity index (χ0n) is 6.41. The van der Waals surface area contributed by atoms with Crippen molar-refractivity contribution in [3.8, 4) is 0 Å². The number of nitrogens with zero attached hydrogens (tertiary/aromatic N) is 1. The Kier molecular flexibility index (Phi) is 2.21. The van der Waals surface area contributed by atoms with Crippen molar-refractivity contribution in [3.05, 3.63) is 36.2 Å². The molecule has 0 N–H and O–H groups in total. The largest absolute Gasteiger partial charge is 0.204 e. The van der Waals surface area contributed by atoms with Crippen molar-refractivity contribution in [2.75, 3.05) is 0 Å². The van der Waals surface area contributed by atoms with Crippen LogP contribution in [0.15, 0.2) is 30.5 Å². The Bertz CT molecular complexity index is 238. The quantitative estimate of drug-likeness (QED) is 0.513. The first-order valence-corrected chi connectivity index (χ1v) is 3.42. The lowest BCUT2D eigenvalue weighted by Gasteiger charge is -1.89. The van der Waals surface area contributed by atoms with E-state index in [4.69, 9.17) is 0 Å². The molecule has 0 saturated carbocycles. The van der Waals surface area contributed by atoms with Gasteiger partial charge >= 0.3 is 0 Å². The van der Waals surface area contributed by atoms with E-state index in [2.05, 4.69) is 16.7 Å². The summed E-state index contributed by atoms with van der Waals surface area (Å²) < 4.78 is 2.08. The molecule has 0 atom stereocenters. The molecule has 0 unspecified atom stereocenters. The van der Waals surface area contributed by atoms with Crippen LogP contribution in [0.5, 0.6) is 0 Å². The van der Waals surface area contributed by atoms with Crippen LogP contribution < -0.4 is 4.57 Å². The topological polar surface area (TPSA) is 3.88 Å². The highest BCUT2D eigenvalue weighted by molar-refractivity contribution is 5.39. The van der Waals surface area contributed by atoms with Crippen molar-refractivity contribution in [1.29, 1.82) is 0 Å². The summed E-state index contributed by atoms with van der Waals surface area (Å²) in [6.45, 7) is 2.02. The molecule has 1 aromatic rings. The van der Waals surface area contributed by atoms with Crippen LogP contribution in [0.1, 0.15) is 12.6 Å². The van der Waals surface area contributed by atoms with Gasteiger partial charge < -0.3 is 0 Å². The van der Waals surface area contributed by atoms with E-state index in [0.717, 1.165) is 0 Å². The van der Waals surface area contributed by atoms with Crippen molar-refractivity contribution < 1.29 is 4.57 Å². The SMILES string of the molecule is C/C=C\c1cccc[n+]1C. The molecular formula is C9H12N+. The molecule has 0 bridgehead atoms. The van der Waals surface area contributed by atoms with E-state index in [1.54, 1.807) is 0 Å². The van der Waals surface area contributed by atoms with Crippen LogP contribution in [0, 0.1) is 0 Å². The molecule has 0 spiro atoms. The summed E-state index contributed by atoms with van der Waals surface area (Å²) in [5.41, 5.74) is 1.23. The molecule has 1 heteroatoms. The van der Waals surface area contributed by atoms with Crippen LogP contribution in [0.4, 0.5) is 0 Å². The van der Waals surface area contributed by atoms with Crippen molar-refractivity contribution >= 4 is 6.08 Å². The molecule has 0 aliphatic rings. The summed E-state index contributed by atoms with van der Waals surface area (Å²) in [6, 6.07) is 6.14.